The summed E-state index contributed by atoms with van der Waals surface area (Å²) in [6, 6.07) is 22.7. The van der Waals surface area contributed by atoms with Gasteiger partial charge in [-0.2, -0.15) is 0 Å². The normalized spacial score (nSPS) is 11.1. The van der Waals surface area contributed by atoms with E-state index in [0.29, 0.717) is 17.1 Å². The lowest BCUT2D eigenvalue weighted by Crippen LogP contribution is -2.04. The van der Waals surface area contributed by atoms with Crippen molar-refractivity contribution in [2.45, 2.75) is 6.61 Å². The summed E-state index contributed by atoms with van der Waals surface area (Å²) in [5.41, 5.74) is 2.89. The van der Waals surface area contributed by atoms with E-state index in [0.717, 1.165) is 31.7 Å². The van der Waals surface area contributed by atoms with Gasteiger partial charge in [-0.3, -0.25) is 0 Å². The van der Waals surface area contributed by atoms with Crippen LogP contribution in [0.4, 0.5) is 0 Å². The molecule has 0 aliphatic rings. The van der Waals surface area contributed by atoms with Gasteiger partial charge in [-0.05, 0) is 54.6 Å². The highest BCUT2D eigenvalue weighted by atomic mass is 32.1. The summed E-state index contributed by atoms with van der Waals surface area (Å²) >= 11 is 1.66. The van der Waals surface area contributed by atoms with E-state index in [9.17, 15) is 4.79 Å². The number of rotatable bonds is 5. The van der Waals surface area contributed by atoms with Crippen molar-refractivity contribution in [3.63, 3.8) is 0 Å². The third kappa shape index (κ3) is 3.53. The van der Waals surface area contributed by atoms with Crippen molar-refractivity contribution in [2.75, 3.05) is 7.11 Å². The highest BCUT2D eigenvalue weighted by Crippen LogP contribution is 2.31. The molecule has 5 aromatic rings. The third-order valence-corrected chi connectivity index (χ3v) is 5.91. The zero-order chi connectivity index (χ0) is 20.5. The first kappa shape index (κ1) is 18.4. The summed E-state index contributed by atoms with van der Waals surface area (Å²) in [4.78, 5) is 16.6. The SMILES string of the molecule is COc1ccc2oc(=O)cc(COc3ccc(-c4nc5ccccc5s4)cc3)c2c1. The van der Waals surface area contributed by atoms with Crippen LogP contribution in [0.25, 0.3) is 31.8 Å². The molecule has 0 amide bonds. The number of aromatic nitrogens is 1. The lowest BCUT2D eigenvalue weighted by molar-refractivity contribution is 0.306. The predicted octanol–water partition coefficient (Wildman–Crippen LogP) is 5.66. The Hall–Kier alpha value is -3.64. The second-order valence-corrected chi connectivity index (χ2v) is 7.78. The lowest BCUT2D eigenvalue weighted by Gasteiger charge is -2.09. The quantitative estimate of drug-likeness (QED) is 0.347. The summed E-state index contributed by atoms with van der Waals surface area (Å²) < 4.78 is 17.7. The number of ether oxygens (including phenoxy) is 2. The van der Waals surface area contributed by atoms with Gasteiger partial charge in [0.1, 0.15) is 28.7 Å². The Kier molecular flexibility index (Phi) is 4.69. The minimum atomic E-state index is -0.405. The van der Waals surface area contributed by atoms with Gasteiger partial charge in [0.15, 0.2) is 0 Å². The molecule has 5 nitrogen and oxygen atoms in total. The largest absolute Gasteiger partial charge is 0.497 e. The lowest BCUT2D eigenvalue weighted by atomic mass is 10.1. The van der Waals surface area contributed by atoms with Gasteiger partial charge in [0.2, 0.25) is 0 Å². The third-order valence-electron chi connectivity index (χ3n) is 4.82. The topological polar surface area (TPSA) is 61.6 Å². The van der Waals surface area contributed by atoms with E-state index in [2.05, 4.69) is 11.1 Å². The maximum absolute atomic E-state index is 11.9. The fourth-order valence-corrected chi connectivity index (χ4v) is 4.27. The van der Waals surface area contributed by atoms with Crippen LogP contribution < -0.4 is 15.1 Å². The molecule has 6 heteroatoms. The van der Waals surface area contributed by atoms with Crippen molar-refractivity contribution < 1.29 is 13.9 Å². The van der Waals surface area contributed by atoms with Crippen LogP contribution in [0.3, 0.4) is 0 Å². The molecule has 2 heterocycles. The number of hydrogen-bond donors (Lipinski definition) is 0. The Morgan fingerprint density at radius 1 is 0.967 bits per heavy atom. The van der Waals surface area contributed by atoms with Gasteiger partial charge < -0.3 is 13.9 Å². The maximum Gasteiger partial charge on any atom is 0.336 e. The number of benzene rings is 3. The monoisotopic (exact) mass is 415 g/mol. The molecule has 0 unspecified atom stereocenters. The fourth-order valence-electron chi connectivity index (χ4n) is 3.30. The van der Waals surface area contributed by atoms with E-state index in [1.165, 1.54) is 6.07 Å². The Morgan fingerprint density at radius 3 is 2.57 bits per heavy atom. The summed E-state index contributed by atoms with van der Waals surface area (Å²) in [5, 5.41) is 1.77. The minimum Gasteiger partial charge on any atom is -0.497 e. The Labute approximate surface area is 176 Å². The molecule has 0 fully saturated rings. The van der Waals surface area contributed by atoms with Crippen LogP contribution in [0.5, 0.6) is 11.5 Å². The Balaban J connectivity index is 1.38. The van der Waals surface area contributed by atoms with Gasteiger partial charge in [-0.1, -0.05) is 12.1 Å². The minimum absolute atomic E-state index is 0.246. The van der Waals surface area contributed by atoms with E-state index in [1.807, 2.05) is 48.5 Å². The Bertz CT molecular complexity index is 1370. The van der Waals surface area contributed by atoms with E-state index < -0.39 is 5.63 Å². The van der Waals surface area contributed by atoms with E-state index >= 15 is 0 Å². The van der Waals surface area contributed by atoms with E-state index in [4.69, 9.17) is 13.9 Å². The molecule has 30 heavy (non-hydrogen) atoms. The molecule has 0 N–H and O–H groups in total. The Morgan fingerprint density at radius 2 is 1.77 bits per heavy atom. The van der Waals surface area contributed by atoms with Crippen molar-refractivity contribution in [3.8, 4) is 22.1 Å². The van der Waals surface area contributed by atoms with Gasteiger partial charge in [0.25, 0.3) is 0 Å². The van der Waals surface area contributed by atoms with Gasteiger partial charge in [0.05, 0.1) is 17.3 Å². The molecular weight excluding hydrogens is 398 g/mol. The molecule has 3 aromatic carbocycles. The van der Waals surface area contributed by atoms with Crippen LogP contribution >= 0.6 is 11.3 Å². The van der Waals surface area contributed by atoms with Gasteiger partial charge >= 0.3 is 5.63 Å². The molecular formula is C24H17NO4S. The second kappa shape index (κ2) is 7.65. The van der Waals surface area contributed by atoms with Gasteiger partial charge in [-0.15, -0.1) is 11.3 Å². The zero-order valence-electron chi connectivity index (χ0n) is 16.1. The molecule has 0 saturated heterocycles. The van der Waals surface area contributed by atoms with Crippen LogP contribution in [0.1, 0.15) is 5.56 Å². The molecule has 148 valence electrons. The van der Waals surface area contributed by atoms with Gasteiger partial charge in [-0.25, -0.2) is 9.78 Å². The van der Waals surface area contributed by atoms with Crippen LogP contribution in [0.15, 0.2) is 82.0 Å². The number of thiazole rings is 1. The number of fused-ring (bicyclic) bond motifs is 2. The van der Waals surface area contributed by atoms with Crippen molar-refractivity contribution in [3.05, 3.63) is 88.8 Å². The van der Waals surface area contributed by atoms with Crippen molar-refractivity contribution in [1.29, 1.82) is 0 Å². The molecule has 5 rings (SSSR count). The molecule has 0 radical (unpaired) electrons. The average molecular weight is 415 g/mol. The second-order valence-electron chi connectivity index (χ2n) is 6.75. The highest BCUT2D eigenvalue weighted by Gasteiger charge is 2.09. The number of methoxy groups -OCH3 is 1. The smallest absolute Gasteiger partial charge is 0.336 e. The first-order valence-electron chi connectivity index (χ1n) is 9.39. The van der Waals surface area contributed by atoms with Crippen LogP contribution in [-0.4, -0.2) is 12.1 Å². The summed E-state index contributed by atoms with van der Waals surface area (Å²) in [6.07, 6.45) is 0. The maximum atomic E-state index is 11.9. The first-order valence-corrected chi connectivity index (χ1v) is 10.2. The van der Waals surface area contributed by atoms with Crippen molar-refractivity contribution in [2.24, 2.45) is 0 Å². The molecule has 0 spiro atoms. The van der Waals surface area contributed by atoms with Crippen LogP contribution in [-0.2, 0) is 6.61 Å². The van der Waals surface area contributed by atoms with Crippen LogP contribution in [0.2, 0.25) is 0 Å². The number of para-hydroxylation sites is 1. The highest BCUT2D eigenvalue weighted by molar-refractivity contribution is 7.21. The average Bonchev–Trinajstić information content (AvgIpc) is 3.22. The molecule has 0 aliphatic heterocycles. The molecule has 0 atom stereocenters. The predicted molar refractivity (Wildman–Crippen MR) is 118 cm³/mol. The zero-order valence-corrected chi connectivity index (χ0v) is 16.9. The molecule has 2 aromatic heterocycles. The summed E-state index contributed by atoms with van der Waals surface area (Å²) in [5.74, 6) is 1.40. The van der Waals surface area contributed by atoms with Gasteiger partial charge in [0, 0.05) is 22.6 Å². The number of nitrogens with zero attached hydrogens (tertiary/aromatic N) is 1. The number of hydrogen-bond acceptors (Lipinski definition) is 6. The van der Waals surface area contributed by atoms with E-state index in [-0.39, 0.29) is 6.61 Å². The first-order chi connectivity index (χ1) is 14.7. The molecule has 0 saturated carbocycles. The fraction of sp³-hybridized carbons (Fsp3) is 0.0833. The van der Waals surface area contributed by atoms with Crippen LogP contribution in [0, 0.1) is 0 Å². The summed E-state index contributed by atoms with van der Waals surface area (Å²) in [6.45, 7) is 0.246. The van der Waals surface area contributed by atoms with E-state index in [1.54, 1.807) is 30.6 Å². The van der Waals surface area contributed by atoms with Crippen molar-refractivity contribution >= 4 is 32.5 Å². The molecule has 0 aliphatic carbocycles. The molecule has 0 bridgehead atoms. The standard InChI is InChI=1S/C24H17NO4S/c1-27-18-10-11-21-19(13-18)16(12-23(26)29-21)14-28-17-8-6-15(7-9-17)24-25-20-4-2-3-5-22(20)30-24/h2-13H,14H2,1H3. The van der Waals surface area contributed by atoms with Crippen molar-refractivity contribution in [1.82, 2.24) is 4.98 Å². The summed E-state index contributed by atoms with van der Waals surface area (Å²) in [7, 11) is 1.60.